The van der Waals surface area contributed by atoms with Crippen molar-refractivity contribution < 1.29 is 4.74 Å². The minimum Gasteiger partial charge on any atom is -0.485 e. The van der Waals surface area contributed by atoms with Gasteiger partial charge in [0.1, 0.15) is 18.2 Å². The lowest BCUT2D eigenvalue weighted by Crippen LogP contribution is -2.27. The molecule has 0 aliphatic heterocycles. The summed E-state index contributed by atoms with van der Waals surface area (Å²) >= 11 is 0. The Morgan fingerprint density at radius 3 is 2.44 bits per heavy atom. The van der Waals surface area contributed by atoms with Gasteiger partial charge in [-0.1, -0.05) is 26.0 Å². The van der Waals surface area contributed by atoms with E-state index in [4.69, 9.17) is 10.1 Å². The Morgan fingerprint density at radius 2 is 1.94 bits per heavy atom. The first kappa shape index (κ1) is 16.8. The van der Waals surface area contributed by atoms with Crippen LogP contribution in [0.25, 0.3) is 0 Å². The van der Waals surface area contributed by atoms with Crippen LogP contribution in [0, 0.1) is 12.3 Å². The fourth-order valence-corrected chi connectivity index (χ4v) is 1.52. The zero-order chi connectivity index (χ0) is 13.0. The number of hydrogen-bond donors (Lipinski definition) is 1. The molecule has 0 unspecified atom stereocenters. The number of ether oxygens (including phenoxy) is 1. The minimum absolute atomic E-state index is 0. The normalized spacial score (nSPS) is 9.89. The van der Waals surface area contributed by atoms with Gasteiger partial charge in [0.2, 0.25) is 0 Å². The van der Waals surface area contributed by atoms with E-state index in [1.165, 1.54) is 11.1 Å². The van der Waals surface area contributed by atoms with Crippen LogP contribution in [-0.2, 0) is 0 Å². The van der Waals surface area contributed by atoms with Gasteiger partial charge in [-0.25, -0.2) is 0 Å². The largest absolute Gasteiger partial charge is 0.485 e. The Hall–Kier alpha value is -1.22. The highest BCUT2D eigenvalue weighted by Gasteiger charge is 2.09. The van der Waals surface area contributed by atoms with Gasteiger partial charge in [-0.2, -0.15) is 0 Å². The van der Waals surface area contributed by atoms with E-state index in [1.807, 2.05) is 27.1 Å². The van der Waals surface area contributed by atoms with E-state index in [2.05, 4.69) is 26.0 Å². The average Bonchev–Trinajstić information content (AvgIpc) is 2.25. The summed E-state index contributed by atoms with van der Waals surface area (Å²) in [6, 6.07) is 6.24. The maximum absolute atomic E-state index is 7.73. The number of rotatable bonds is 4. The Labute approximate surface area is 116 Å². The van der Waals surface area contributed by atoms with Gasteiger partial charge in [-0.05, 0) is 30.0 Å². The second kappa shape index (κ2) is 7.27. The monoisotopic (exact) mass is 270 g/mol. The zero-order valence-electron chi connectivity index (χ0n) is 11.8. The molecule has 3 nitrogen and oxygen atoms in total. The molecule has 0 saturated heterocycles. The van der Waals surface area contributed by atoms with E-state index in [9.17, 15) is 0 Å². The molecule has 0 heterocycles. The topological polar surface area (TPSA) is 36.3 Å². The Kier molecular flexibility index (Phi) is 6.77. The summed E-state index contributed by atoms with van der Waals surface area (Å²) < 4.78 is 5.74. The first-order valence-electron chi connectivity index (χ1n) is 5.90. The fourth-order valence-electron chi connectivity index (χ4n) is 1.52. The Balaban J connectivity index is 0.00000289. The molecule has 0 amide bonds. The highest BCUT2D eigenvalue weighted by Crippen LogP contribution is 2.27. The number of halogens is 1. The molecule has 0 aliphatic rings. The maximum Gasteiger partial charge on any atom is 0.145 e. The SMILES string of the molecule is Cc1ccc(C(C)C)c(OCC(=N)N(C)C)c1.Cl. The second-order valence-electron chi connectivity index (χ2n) is 4.83. The highest BCUT2D eigenvalue weighted by molar-refractivity contribution is 5.85. The van der Waals surface area contributed by atoms with E-state index in [1.54, 1.807) is 4.90 Å². The standard InChI is InChI=1S/C14H22N2O.ClH/c1-10(2)12-7-6-11(3)8-13(12)17-9-14(15)16(4)5;/h6-8,10,15H,9H2,1-5H3;1H. The zero-order valence-corrected chi connectivity index (χ0v) is 12.6. The molecule has 0 bridgehead atoms. The number of nitrogens with one attached hydrogen (secondary N) is 1. The Morgan fingerprint density at radius 1 is 1.33 bits per heavy atom. The predicted octanol–water partition coefficient (Wildman–Crippen LogP) is 3.46. The van der Waals surface area contributed by atoms with Crippen LogP contribution in [0.3, 0.4) is 0 Å². The summed E-state index contributed by atoms with van der Waals surface area (Å²) in [7, 11) is 3.70. The lowest BCUT2D eigenvalue weighted by Gasteiger charge is -2.18. The summed E-state index contributed by atoms with van der Waals surface area (Å²) in [6.07, 6.45) is 0. The lowest BCUT2D eigenvalue weighted by atomic mass is 10.0. The predicted molar refractivity (Wildman–Crippen MR) is 79.4 cm³/mol. The molecule has 4 heteroatoms. The maximum atomic E-state index is 7.73. The third-order valence-electron chi connectivity index (χ3n) is 2.70. The minimum atomic E-state index is 0. The van der Waals surface area contributed by atoms with Crippen molar-refractivity contribution in [1.82, 2.24) is 4.90 Å². The fraction of sp³-hybridized carbons (Fsp3) is 0.500. The van der Waals surface area contributed by atoms with Crippen LogP contribution in [0.4, 0.5) is 0 Å². The van der Waals surface area contributed by atoms with Crippen LogP contribution in [0.1, 0.15) is 30.9 Å². The molecule has 102 valence electrons. The molecule has 0 aliphatic carbocycles. The Bertz CT molecular complexity index is 403. The number of hydrogen-bond acceptors (Lipinski definition) is 2. The van der Waals surface area contributed by atoms with Gasteiger partial charge in [0.15, 0.2) is 0 Å². The van der Waals surface area contributed by atoms with Gasteiger partial charge in [-0.15, -0.1) is 12.4 Å². The van der Waals surface area contributed by atoms with Crippen molar-refractivity contribution in [3.8, 4) is 5.75 Å². The number of aryl methyl sites for hydroxylation is 1. The van der Waals surface area contributed by atoms with Crippen LogP contribution in [0.5, 0.6) is 5.75 Å². The lowest BCUT2D eigenvalue weighted by molar-refractivity contribution is 0.352. The molecule has 0 radical (unpaired) electrons. The van der Waals surface area contributed by atoms with E-state index in [-0.39, 0.29) is 12.4 Å². The molecule has 18 heavy (non-hydrogen) atoms. The van der Waals surface area contributed by atoms with Crippen LogP contribution < -0.4 is 4.74 Å². The summed E-state index contributed by atoms with van der Waals surface area (Å²) in [5.74, 6) is 1.80. The summed E-state index contributed by atoms with van der Waals surface area (Å²) in [4.78, 5) is 1.75. The van der Waals surface area contributed by atoms with Crippen molar-refractivity contribution >= 4 is 18.2 Å². The van der Waals surface area contributed by atoms with Gasteiger partial charge in [-0.3, -0.25) is 5.41 Å². The molecule has 1 N–H and O–H groups in total. The van der Waals surface area contributed by atoms with Crippen molar-refractivity contribution in [2.24, 2.45) is 0 Å². The first-order valence-corrected chi connectivity index (χ1v) is 5.90. The highest BCUT2D eigenvalue weighted by atomic mass is 35.5. The molecule has 1 aromatic rings. The molecular formula is C14H23ClN2O. The van der Waals surface area contributed by atoms with Crippen molar-refractivity contribution in [1.29, 1.82) is 5.41 Å². The molecule has 0 aromatic heterocycles. The van der Waals surface area contributed by atoms with Crippen molar-refractivity contribution in [2.45, 2.75) is 26.7 Å². The van der Waals surface area contributed by atoms with Crippen LogP contribution in [-0.4, -0.2) is 31.4 Å². The molecule has 0 fully saturated rings. The van der Waals surface area contributed by atoms with Gasteiger partial charge < -0.3 is 9.64 Å². The second-order valence-corrected chi connectivity index (χ2v) is 4.83. The van der Waals surface area contributed by atoms with Gasteiger partial charge in [0, 0.05) is 14.1 Å². The first-order chi connectivity index (χ1) is 7.91. The molecule has 0 spiro atoms. The summed E-state index contributed by atoms with van der Waals surface area (Å²) in [6.45, 7) is 6.66. The molecule has 0 saturated carbocycles. The average molecular weight is 271 g/mol. The molecular weight excluding hydrogens is 248 g/mol. The molecule has 1 rings (SSSR count). The van der Waals surface area contributed by atoms with Crippen LogP contribution in [0.15, 0.2) is 18.2 Å². The summed E-state index contributed by atoms with van der Waals surface area (Å²) in [5, 5.41) is 7.73. The molecule has 1 aromatic carbocycles. The third-order valence-corrected chi connectivity index (χ3v) is 2.70. The van der Waals surface area contributed by atoms with E-state index < -0.39 is 0 Å². The van der Waals surface area contributed by atoms with Crippen LogP contribution >= 0.6 is 12.4 Å². The number of amidine groups is 1. The van der Waals surface area contributed by atoms with Gasteiger partial charge >= 0.3 is 0 Å². The van der Waals surface area contributed by atoms with Crippen LogP contribution in [0.2, 0.25) is 0 Å². The van der Waals surface area contributed by atoms with E-state index in [0.29, 0.717) is 18.4 Å². The van der Waals surface area contributed by atoms with Gasteiger partial charge in [0.05, 0.1) is 0 Å². The number of likely N-dealkylation sites (N-methyl/N-ethyl adjacent to an activating group) is 1. The number of benzene rings is 1. The quantitative estimate of drug-likeness (QED) is 0.672. The van der Waals surface area contributed by atoms with Crippen molar-refractivity contribution in [3.63, 3.8) is 0 Å². The third kappa shape index (κ3) is 4.57. The van der Waals surface area contributed by atoms with E-state index >= 15 is 0 Å². The molecule has 0 atom stereocenters. The van der Waals surface area contributed by atoms with E-state index in [0.717, 1.165) is 5.75 Å². The number of nitrogens with zero attached hydrogens (tertiary/aromatic N) is 1. The van der Waals surface area contributed by atoms with Gasteiger partial charge in [0.25, 0.3) is 0 Å². The van der Waals surface area contributed by atoms with Crippen molar-refractivity contribution in [3.05, 3.63) is 29.3 Å². The summed E-state index contributed by atoms with van der Waals surface area (Å²) in [5.41, 5.74) is 2.38. The smallest absolute Gasteiger partial charge is 0.145 e. The van der Waals surface area contributed by atoms with Crippen molar-refractivity contribution in [2.75, 3.05) is 20.7 Å².